The van der Waals surface area contributed by atoms with Gasteiger partial charge in [0.2, 0.25) is 11.8 Å². The highest BCUT2D eigenvalue weighted by Gasteiger charge is 2.31. The number of amides is 2. The SMILES string of the molecule is COCCN1CCCc2ccc(CN(C[C@H](N)[C@@H](O)C[C@H](C(=O)NCC(C)(C)C(N)=O)C(C)C)C(C)C)cc21. The lowest BCUT2D eigenvalue weighted by Gasteiger charge is -2.34. The predicted molar refractivity (Wildman–Crippen MR) is 157 cm³/mol. The van der Waals surface area contributed by atoms with Crippen LogP contribution >= 0.6 is 0 Å². The Kier molecular flexibility index (Phi) is 12.7. The van der Waals surface area contributed by atoms with Crippen molar-refractivity contribution < 1.29 is 19.4 Å². The fraction of sp³-hybridized carbons (Fsp3) is 0.733. The molecular weight excluding hydrogens is 494 g/mol. The van der Waals surface area contributed by atoms with Crippen molar-refractivity contribution in [2.24, 2.45) is 28.7 Å². The first-order valence-corrected chi connectivity index (χ1v) is 14.4. The van der Waals surface area contributed by atoms with Gasteiger partial charge in [0.15, 0.2) is 0 Å². The quantitative estimate of drug-likeness (QED) is 0.249. The van der Waals surface area contributed by atoms with Crippen molar-refractivity contribution in [2.75, 3.05) is 44.8 Å². The summed E-state index contributed by atoms with van der Waals surface area (Å²) in [5.74, 6) is -1.10. The molecule has 222 valence electrons. The molecule has 0 saturated carbocycles. The molecule has 0 spiro atoms. The zero-order valence-corrected chi connectivity index (χ0v) is 25.2. The number of benzene rings is 1. The Morgan fingerprint density at radius 3 is 2.51 bits per heavy atom. The molecule has 9 nitrogen and oxygen atoms in total. The van der Waals surface area contributed by atoms with E-state index in [-0.39, 0.29) is 30.8 Å². The van der Waals surface area contributed by atoms with E-state index in [1.165, 1.54) is 16.8 Å². The minimum atomic E-state index is -0.846. The highest BCUT2D eigenvalue weighted by atomic mass is 16.5. The van der Waals surface area contributed by atoms with Crippen LogP contribution in [0.5, 0.6) is 0 Å². The number of nitrogens with zero attached hydrogens (tertiary/aromatic N) is 2. The molecule has 0 bridgehead atoms. The van der Waals surface area contributed by atoms with Gasteiger partial charge in [0, 0.05) is 63.5 Å². The lowest BCUT2D eigenvalue weighted by Crippen LogP contribution is -2.49. The molecule has 9 heteroatoms. The van der Waals surface area contributed by atoms with Crippen LogP contribution in [0.4, 0.5) is 5.69 Å². The van der Waals surface area contributed by atoms with Crippen LogP contribution in [0.2, 0.25) is 0 Å². The third-order valence-corrected chi connectivity index (χ3v) is 7.99. The van der Waals surface area contributed by atoms with Gasteiger partial charge < -0.3 is 31.5 Å². The van der Waals surface area contributed by atoms with Gasteiger partial charge >= 0.3 is 0 Å². The monoisotopic (exact) mass is 547 g/mol. The zero-order valence-electron chi connectivity index (χ0n) is 25.2. The van der Waals surface area contributed by atoms with Crippen LogP contribution in [0, 0.1) is 17.3 Å². The third-order valence-electron chi connectivity index (χ3n) is 7.99. The number of carbonyl (C=O) groups is 2. The number of nitrogens with two attached hydrogens (primary N) is 2. The molecule has 0 saturated heterocycles. The van der Waals surface area contributed by atoms with Gasteiger partial charge in [-0.2, -0.15) is 0 Å². The van der Waals surface area contributed by atoms with Gasteiger partial charge in [0.1, 0.15) is 0 Å². The first-order chi connectivity index (χ1) is 18.3. The van der Waals surface area contributed by atoms with Crippen molar-refractivity contribution in [3.63, 3.8) is 0 Å². The van der Waals surface area contributed by atoms with Crippen LogP contribution in [0.1, 0.15) is 65.5 Å². The number of aryl methyl sites for hydroxylation is 1. The largest absolute Gasteiger partial charge is 0.391 e. The van der Waals surface area contributed by atoms with Gasteiger partial charge in [-0.05, 0) is 70.1 Å². The molecule has 39 heavy (non-hydrogen) atoms. The molecule has 1 aliphatic heterocycles. The molecule has 1 aromatic carbocycles. The first kappa shape index (κ1) is 33.0. The van der Waals surface area contributed by atoms with Gasteiger partial charge in [-0.25, -0.2) is 0 Å². The number of methoxy groups -OCH3 is 1. The number of hydrogen-bond donors (Lipinski definition) is 4. The summed E-state index contributed by atoms with van der Waals surface area (Å²) in [5.41, 5.74) is 15.0. The number of carbonyl (C=O) groups excluding carboxylic acids is 2. The molecular formula is C30H53N5O4. The van der Waals surface area contributed by atoms with Crippen molar-refractivity contribution in [1.29, 1.82) is 0 Å². The van der Waals surface area contributed by atoms with E-state index in [0.717, 1.165) is 32.5 Å². The minimum absolute atomic E-state index is 0.00120. The molecule has 0 unspecified atom stereocenters. The van der Waals surface area contributed by atoms with E-state index in [1.54, 1.807) is 21.0 Å². The van der Waals surface area contributed by atoms with Crippen LogP contribution < -0.4 is 21.7 Å². The van der Waals surface area contributed by atoms with E-state index in [1.807, 2.05) is 13.8 Å². The van der Waals surface area contributed by atoms with Crippen LogP contribution in [0.25, 0.3) is 0 Å². The fourth-order valence-corrected chi connectivity index (χ4v) is 4.96. The fourth-order valence-electron chi connectivity index (χ4n) is 4.96. The van der Waals surface area contributed by atoms with E-state index in [0.29, 0.717) is 13.2 Å². The number of rotatable bonds is 16. The second-order valence-electron chi connectivity index (χ2n) is 12.4. The molecule has 6 N–H and O–H groups in total. The number of primary amides is 1. The van der Waals surface area contributed by atoms with Crippen LogP contribution in [-0.2, 0) is 27.3 Å². The summed E-state index contributed by atoms with van der Waals surface area (Å²) in [6, 6.07) is 6.43. The Bertz CT molecular complexity index is 936. The smallest absolute Gasteiger partial charge is 0.224 e. The first-order valence-electron chi connectivity index (χ1n) is 14.4. The second kappa shape index (κ2) is 15.0. The second-order valence-corrected chi connectivity index (χ2v) is 12.4. The molecule has 3 atom stereocenters. The molecule has 1 aromatic rings. The molecule has 1 heterocycles. The Morgan fingerprint density at radius 2 is 1.92 bits per heavy atom. The maximum absolute atomic E-state index is 13.0. The molecule has 1 aliphatic rings. The summed E-state index contributed by atoms with van der Waals surface area (Å²) < 4.78 is 5.32. The number of aliphatic hydroxyl groups is 1. The van der Waals surface area contributed by atoms with Gasteiger partial charge in [-0.15, -0.1) is 0 Å². The lowest BCUT2D eigenvalue weighted by atomic mass is 9.86. The highest BCUT2D eigenvalue weighted by Crippen LogP contribution is 2.29. The van der Waals surface area contributed by atoms with Crippen LogP contribution in [-0.4, -0.2) is 79.9 Å². The van der Waals surface area contributed by atoms with Crippen LogP contribution in [0.3, 0.4) is 0 Å². The highest BCUT2D eigenvalue weighted by molar-refractivity contribution is 5.83. The van der Waals surface area contributed by atoms with E-state index in [4.69, 9.17) is 16.2 Å². The van der Waals surface area contributed by atoms with Crippen molar-refractivity contribution in [1.82, 2.24) is 10.2 Å². The summed E-state index contributed by atoms with van der Waals surface area (Å²) in [4.78, 5) is 29.3. The standard InChI is InChI=1S/C30H53N5O4/c1-20(2)24(28(37)33-19-30(5,6)29(32)38)16-27(36)25(31)18-35(21(3)4)17-22-10-11-23-9-8-12-34(13-14-39-7)26(23)15-22/h10-11,15,20-21,24-25,27,36H,8-9,12-14,16-19,31H2,1-7H3,(H2,32,38)(H,33,37)/t24-,25-,27-/m0/s1. The summed E-state index contributed by atoms with van der Waals surface area (Å²) >= 11 is 0. The zero-order chi connectivity index (χ0) is 29.3. The normalized spacial score (nSPS) is 16.4. The van der Waals surface area contributed by atoms with E-state index >= 15 is 0 Å². The van der Waals surface area contributed by atoms with Gasteiger partial charge in [0.25, 0.3) is 0 Å². The maximum Gasteiger partial charge on any atom is 0.224 e. The predicted octanol–water partition coefficient (Wildman–Crippen LogP) is 2.27. The average molecular weight is 548 g/mol. The molecule has 2 amide bonds. The van der Waals surface area contributed by atoms with Gasteiger partial charge in [-0.1, -0.05) is 26.0 Å². The van der Waals surface area contributed by atoms with Crippen LogP contribution in [0.15, 0.2) is 18.2 Å². The molecule has 0 aromatic heterocycles. The number of hydrogen-bond acceptors (Lipinski definition) is 7. The van der Waals surface area contributed by atoms with E-state index in [2.05, 4.69) is 47.2 Å². The Morgan fingerprint density at radius 1 is 1.23 bits per heavy atom. The molecule has 0 aliphatic carbocycles. The number of aliphatic hydroxyl groups excluding tert-OH is 1. The average Bonchev–Trinajstić information content (AvgIpc) is 2.88. The Hall–Kier alpha value is -2.20. The van der Waals surface area contributed by atoms with E-state index < -0.39 is 29.4 Å². The summed E-state index contributed by atoms with van der Waals surface area (Å²) in [7, 11) is 1.74. The number of anilines is 1. The summed E-state index contributed by atoms with van der Waals surface area (Å²) in [6.07, 6.45) is 1.65. The van der Waals surface area contributed by atoms with Crippen molar-refractivity contribution >= 4 is 17.5 Å². The molecule has 0 radical (unpaired) electrons. The summed E-state index contributed by atoms with van der Waals surface area (Å²) in [5, 5.41) is 13.9. The minimum Gasteiger partial charge on any atom is -0.391 e. The van der Waals surface area contributed by atoms with Gasteiger partial charge in [-0.3, -0.25) is 14.5 Å². The topological polar surface area (TPSA) is 134 Å². The lowest BCUT2D eigenvalue weighted by molar-refractivity contribution is -0.130. The van der Waals surface area contributed by atoms with Crippen molar-refractivity contribution in [3.8, 4) is 0 Å². The summed E-state index contributed by atoms with van der Waals surface area (Å²) in [6.45, 7) is 15.6. The number of nitrogens with one attached hydrogen (secondary N) is 1. The number of ether oxygens (including phenoxy) is 1. The molecule has 2 rings (SSSR count). The Balaban J connectivity index is 2.05. The number of fused-ring (bicyclic) bond motifs is 1. The van der Waals surface area contributed by atoms with Gasteiger partial charge in [0.05, 0.1) is 18.1 Å². The third kappa shape index (κ3) is 9.74. The van der Waals surface area contributed by atoms with Crippen molar-refractivity contribution in [3.05, 3.63) is 29.3 Å². The Labute approximate surface area is 235 Å². The molecule has 0 fully saturated rings. The van der Waals surface area contributed by atoms with E-state index in [9.17, 15) is 14.7 Å². The maximum atomic E-state index is 13.0. The van der Waals surface area contributed by atoms with Crippen molar-refractivity contribution in [2.45, 2.75) is 85.5 Å².